The van der Waals surface area contributed by atoms with E-state index in [1.54, 1.807) is 32.4 Å². The third-order valence-electron chi connectivity index (χ3n) is 5.11. The summed E-state index contributed by atoms with van der Waals surface area (Å²) in [6.45, 7) is 4.06. The van der Waals surface area contributed by atoms with Crippen molar-refractivity contribution in [2.45, 2.75) is 6.61 Å². The van der Waals surface area contributed by atoms with E-state index in [2.05, 4.69) is 6.58 Å². The molecule has 0 unspecified atom stereocenters. The third-order valence-corrected chi connectivity index (χ3v) is 5.93. The summed E-state index contributed by atoms with van der Waals surface area (Å²) in [5.41, 5.74) is 3.34. The van der Waals surface area contributed by atoms with E-state index >= 15 is 0 Å². The molecule has 1 amide bonds. The Morgan fingerprint density at radius 1 is 1.00 bits per heavy atom. The van der Waals surface area contributed by atoms with Crippen LogP contribution in [0.15, 0.2) is 90.8 Å². The average Bonchev–Trinajstić information content (AvgIpc) is 3.38. The highest BCUT2D eigenvalue weighted by Crippen LogP contribution is 2.37. The molecule has 3 aromatic carbocycles. The van der Waals surface area contributed by atoms with Gasteiger partial charge in [-0.2, -0.15) is 0 Å². The summed E-state index contributed by atoms with van der Waals surface area (Å²) >= 11 is 1.37. The van der Waals surface area contributed by atoms with Crippen molar-refractivity contribution in [1.29, 1.82) is 0 Å². The summed E-state index contributed by atoms with van der Waals surface area (Å²) in [6, 6.07) is 22.8. The number of carbonyl (C=O) groups excluding carboxylic acids is 1. The quantitative estimate of drug-likeness (QED) is 0.269. The predicted molar refractivity (Wildman–Crippen MR) is 135 cm³/mol. The second-order valence-electron chi connectivity index (χ2n) is 7.23. The van der Waals surface area contributed by atoms with Crippen LogP contribution in [0.5, 0.6) is 17.2 Å². The lowest BCUT2D eigenvalue weighted by molar-refractivity contribution is -0.113. The van der Waals surface area contributed by atoms with Crippen LogP contribution in [-0.4, -0.2) is 25.1 Å². The number of ether oxygens (including phenoxy) is 3. The second-order valence-corrected chi connectivity index (χ2v) is 8.07. The van der Waals surface area contributed by atoms with Gasteiger partial charge in [0.2, 0.25) is 0 Å². The highest BCUT2D eigenvalue weighted by Gasteiger charge is 2.21. The first-order valence-corrected chi connectivity index (χ1v) is 11.4. The van der Waals surface area contributed by atoms with Crippen LogP contribution in [-0.2, 0) is 11.4 Å². The number of anilines is 2. The monoisotopic (exact) mass is 472 g/mol. The maximum atomic E-state index is 12.8. The van der Waals surface area contributed by atoms with Gasteiger partial charge in [-0.3, -0.25) is 9.69 Å². The lowest BCUT2D eigenvalue weighted by Crippen LogP contribution is -2.23. The number of nitrogens with zero attached hydrogens (tertiary/aromatic N) is 2. The van der Waals surface area contributed by atoms with Gasteiger partial charge in [-0.25, -0.2) is 4.98 Å². The van der Waals surface area contributed by atoms with Crippen LogP contribution >= 0.6 is 11.3 Å². The maximum Gasteiger partial charge on any atom is 0.256 e. The first-order valence-electron chi connectivity index (χ1n) is 10.5. The minimum absolute atomic E-state index is 0.296. The summed E-state index contributed by atoms with van der Waals surface area (Å²) in [7, 11) is 3.19. The van der Waals surface area contributed by atoms with E-state index in [-0.39, 0.29) is 5.91 Å². The van der Waals surface area contributed by atoms with E-state index in [0.29, 0.717) is 28.9 Å². The molecule has 172 valence electrons. The summed E-state index contributed by atoms with van der Waals surface area (Å²) in [6.07, 6.45) is 1.26. The molecular weight excluding hydrogens is 448 g/mol. The van der Waals surface area contributed by atoms with Crippen molar-refractivity contribution < 1.29 is 19.0 Å². The third kappa shape index (κ3) is 5.10. The topological polar surface area (TPSA) is 60.9 Å². The number of methoxy groups -OCH3 is 2. The Morgan fingerprint density at radius 2 is 1.76 bits per heavy atom. The van der Waals surface area contributed by atoms with Crippen molar-refractivity contribution in [3.05, 3.63) is 96.4 Å². The lowest BCUT2D eigenvalue weighted by atomic mass is 10.2. The van der Waals surface area contributed by atoms with Crippen LogP contribution in [0.1, 0.15) is 5.56 Å². The minimum atomic E-state index is -0.296. The predicted octanol–water partition coefficient (Wildman–Crippen LogP) is 6.26. The van der Waals surface area contributed by atoms with Gasteiger partial charge < -0.3 is 14.2 Å². The first-order chi connectivity index (χ1) is 16.6. The number of thiazole rings is 1. The van der Waals surface area contributed by atoms with E-state index in [1.807, 2.05) is 60.0 Å². The molecule has 0 fully saturated rings. The molecule has 1 aromatic heterocycles. The first kappa shape index (κ1) is 23.1. The van der Waals surface area contributed by atoms with Crippen LogP contribution in [0.25, 0.3) is 11.3 Å². The Bertz CT molecular complexity index is 1270. The molecule has 4 rings (SSSR count). The fourth-order valence-corrected chi connectivity index (χ4v) is 4.19. The molecule has 0 aliphatic heterocycles. The summed E-state index contributed by atoms with van der Waals surface area (Å²) in [5, 5.41) is 2.44. The highest BCUT2D eigenvalue weighted by molar-refractivity contribution is 7.14. The summed E-state index contributed by atoms with van der Waals surface area (Å²) in [5.74, 6) is 1.57. The van der Waals surface area contributed by atoms with Crippen LogP contribution in [0.4, 0.5) is 10.8 Å². The molecule has 1 heterocycles. The molecule has 0 bridgehead atoms. The van der Waals surface area contributed by atoms with Gasteiger partial charge in [0.15, 0.2) is 16.6 Å². The second kappa shape index (κ2) is 10.7. The van der Waals surface area contributed by atoms with Gasteiger partial charge >= 0.3 is 0 Å². The summed E-state index contributed by atoms with van der Waals surface area (Å²) in [4.78, 5) is 19.0. The Balaban J connectivity index is 1.62. The Hall–Kier alpha value is -4.10. The molecule has 0 N–H and O–H groups in total. The lowest BCUT2D eigenvalue weighted by Gasteiger charge is -2.20. The molecule has 4 aromatic rings. The van der Waals surface area contributed by atoms with Crippen molar-refractivity contribution in [2.75, 3.05) is 19.1 Å². The Kier molecular flexibility index (Phi) is 7.25. The Morgan fingerprint density at radius 3 is 2.44 bits per heavy atom. The van der Waals surface area contributed by atoms with E-state index in [1.165, 1.54) is 22.3 Å². The van der Waals surface area contributed by atoms with Crippen molar-refractivity contribution in [2.24, 2.45) is 0 Å². The van der Waals surface area contributed by atoms with Crippen LogP contribution < -0.4 is 19.1 Å². The van der Waals surface area contributed by atoms with E-state index in [9.17, 15) is 4.79 Å². The zero-order valence-corrected chi connectivity index (χ0v) is 19.7. The van der Waals surface area contributed by atoms with Gasteiger partial charge in [0, 0.05) is 17.0 Å². The fraction of sp³-hybridized carbons (Fsp3) is 0.111. The van der Waals surface area contributed by atoms with Gasteiger partial charge in [0.1, 0.15) is 12.4 Å². The van der Waals surface area contributed by atoms with Crippen molar-refractivity contribution in [3.8, 4) is 28.5 Å². The number of hydrogen-bond acceptors (Lipinski definition) is 6. The standard InChI is InChI=1S/C27H24N2O4S/c1-4-26(30)29(27-28-23(18-34-27)20-10-13-22(31-2)14-11-20)21-12-15-24(25(16-21)32-3)33-17-19-8-6-5-7-9-19/h4-16,18H,1,17H2,2-3H3. The van der Waals surface area contributed by atoms with Gasteiger partial charge in [-0.1, -0.05) is 36.9 Å². The fourth-order valence-electron chi connectivity index (χ4n) is 3.33. The smallest absolute Gasteiger partial charge is 0.256 e. The molecule has 0 atom stereocenters. The number of benzene rings is 3. The molecule has 34 heavy (non-hydrogen) atoms. The average molecular weight is 473 g/mol. The molecule has 0 saturated carbocycles. The molecule has 0 aliphatic carbocycles. The molecule has 6 nitrogen and oxygen atoms in total. The largest absolute Gasteiger partial charge is 0.497 e. The normalized spacial score (nSPS) is 10.4. The number of carbonyl (C=O) groups is 1. The van der Waals surface area contributed by atoms with Crippen molar-refractivity contribution in [1.82, 2.24) is 4.98 Å². The zero-order valence-electron chi connectivity index (χ0n) is 18.9. The molecule has 0 saturated heterocycles. The van der Waals surface area contributed by atoms with Gasteiger partial charge in [0.25, 0.3) is 5.91 Å². The van der Waals surface area contributed by atoms with E-state index in [4.69, 9.17) is 19.2 Å². The SMILES string of the molecule is C=CC(=O)N(c1ccc(OCc2ccccc2)c(OC)c1)c1nc(-c2ccc(OC)cc2)cs1. The maximum absolute atomic E-state index is 12.8. The summed E-state index contributed by atoms with van der Waals surface area (Å²) < 4.78 is 16.7. The van der Waals surface area contributed by atoms with E-state index in [0.717, 1.165) is 22.6 Å². The molecule has 7 heteroatoms. The highest BCUT2D eigenvalue weighted by atomic mass is 32.1. The van der Waals surface area contributed by atoms with Crippen LogP contribution in [0, 0.1) is 0 Å². The van der Waals surface area contributed by atoms with E-state index < -0.39 is 0 Å². The minimum Gasteiger partial charge on any atom is -0.497 e. The van der Waals surface area contributed by atoms with Gasteiger partial charge in [0.05, 0.1) is 25.6 Å². The van der Waals surface area contributed by atoms with Crippen molar-refractivity contribution in [3.63, 3.8) is 0 Å². The number of aromatic nitrogens is 1. The molecule has 0 radical (unpaired) electrons. The van der Waals surface area contributed by atoms with Gasteiger partial charge in [-0.05, 0) is 48.0 Å². The van der Waals surface area contributed by atoms with Crippen molar-refractivity contribution >= 4 is 28.1 Å². The zero-order chi connectivity index (χ0) is 23.9. The van der Waals surface area contributed by atoms with Crippen LogP contribution in [0.3, 0.4) is 0 Å². The van der Waals surface area contributed by atoms with Crippen LogP contribution in [0.2, 0.25) is 0 Å². The molecule has 0 aliphatic rings. The number of amides is 1. The number of hydrogen-bond donors (Lipinski definition) is 0. The molecular formula is C27H24N2O4S. The van der Waals surface area contributed by atoms with Gasteiger partial charge in [-0.15, -0.1) is 11.3 Å². The Labute approximate surface area is 202 Å². The number of rotatable bonds is 9. The molecule has 0 spiro atoms.